The summed E-state index contributed by atoms with van der Waals surface area (Å²) in [6, 6.07) is 0. The molecule has 1 saturated heterocycles. The fourth-order valence-corrected chi connectivity index (χ4v) is 1.59. The zero-order valence-corrected chi connectivity index (χ0v) is 8.71. The smallest absolute Gasteiger partial charge is 0.222 e. The number of rotatable bonds is 3. The molecule has 0 saturated carbocycles. The molecule has 13 heavy (non-hydrogen) atoms. The lowest BCUT2D eigenvalue weighted by Gasteiger charge is -2.22. The minimum Gasteiger partial charge on any atom is -0.390 e. The van der Waals surface area contributed by atoms with Crippen molar-refractivity contribution >= 4 is 5.91 Å². The Labute approximate surface area is 79.7 Å². The van der Waals surface area contributed by atoms with Gasteiger partial charge in [-0.2, -0.15) is 0 Å². The van der Waals surface area contributed by atoms with Gasteiger partial charge in [-0.15, -0.1) is 0 Å². The van der Waals surface area contributed by atoms with E-state index < -0.39 is 5.60 Å². The number of hydrogen-bond donors (Lipinski definition) is 1. The first-order valence-electron chi connectivity index (χ1n) is 4.88. The molecular formula is C10H19NO2. The van der Waals surface area contributed by atoms with Gasteiger partial charge in [0.05, 0.1) is 5.60 Å². The molecular weight excluding hydrogens is 166 g/mol. The molecule has 0 aromatic heterocycles. The zero-order chi connectivity index (χ0) is 10.1. The summed E-state index contributed by atoms with van der Waals surface area (Å²) >= 11 is 0. The van der Waals surface area contributed by atoms with Gasteiger partial charge in [-0.1, -0.05) is 6.92 Å². The maximum atomic E-state index is 11.3. The summed E-state index contributed by atoms with van der Waals surface area (Å²) < 4.78 is 0. The van der Waals surface area contributed by atoms with Gasteiger partial charge in [0.25, 0.3) is 0 Å². The van der Waals surface area contributed by atoms with Gasteiger partial charge in [0, 0.05) is 19.5 Å². The number of amides is 1. The molecule has 0 bridgehead atoms. The lowest BCUT2D eigenvalue weighted by Crippen LogP contribution is -2.32. The minimum atomic E-state index is -0.661. The Morgan fingerprint density at radius 2 is 2.23 bits per heavy atom. The van der Waals surface area contributed by atoms with Crippen LogP contribution >= 0.6 is 0 Å². The molecule has 1 rings (SSSR count). The monoisotopic (exact) mass is 185 g/mol. The number of hydrogen-bond acceptors (Lipinski definition) is 2. The molecule has 3 nitrogen and oxygen atoms in total. The van der Waals surface area contributed by atoms with Crippen LogP contribution in [-0.4, -0.2) is 34.6 Å². The maximum Gasteiger partial charge on any atom is 0.222 e. The number of carbonyl (C=O) groups excluding carboxylic acids is 1. The van der Waals surface area contributed by atoms with Crippen molar-refractivity contribution in [2.24, 2.45) is 5.92 Å². The lowest BCUT2D eigenvalue weighted by atomic mass is 10.1. The van der Waals surface area contributed by atoms with E-state index in [1.54, 1.807) is 13.8 Å². The molecule has 1 atom stereocenters. The van der Waals surface area contributed by atoms with Crippen molar-refractivity contribution in [1.82, 2.24) is 4.90 Å². The topological polar surface area (TPSA) is 40.5 Å². The second kappa shape index (κ2) is 3.66. The molecule has 0 aromatic carbocycles. The number of aliphatic hydroxyl groups is 1. The molecule has 0 spiro atoms. The highest BCUT2D eigenvalue weighted by molar-refractivity contribution is 5.78. The maximum absolute atomic E-state index is 11.3. The van der Waals surface area contributed by atoms with E-state index in [2.05, 4.69) is 6.92 Å². The van der Waals surface area contributed by atoms with Gasteiger partial charge in [-0.3, -0.25) is 4.79 Å². The summed E-state index contributed by atoms with van der Waals surface area (Å²) in [6.07, 6.45) is 1.33. The third kappa shape index (κ3) is 3.35. The van der Waals surface area contributed by atoms with Crippen LogP contribution in [-0.2, 0) is 4.79 Å². The van der Waals surface area contributed by atoms with Crippen LogP contribution in [0, 0.1) is 5.92 Å². The van der Waals surface area contributed by atoms with Crippen molar-refractivity contribution in [1.29, 1.82) is 0 Å². The van der Waals surface area contributed by atoms with Crippen LogP contribution < -0.4 is 0 Å². The highest BCUT2D eigenvalue weighted by Crippen LogP contribution is 2.18. The average Bonchev–Trinajstić information content (AvgIpc) is 2.24. The van der Waals surface area contributed by atoms with Crippen LogP contribution in [0.1, 0.15) is 33.6 Å². The molecule has 0 aromatic rings. The van der Waals surface area contributed by atoms with Gasteiger partial charge in [-0.25, -0.2) is 0 Å². The van der Waals surface area contributed by atoms with E-state index >= 15 is 0 Å². The predicted octanol–water partition coefficient (Wildman–Crippen LogP) is 1.02. The Bertz CT molecular complexity index is 196. The SMILES string of the molecule is CC1CC(=O)N(CCC(C)(C)O)C1. The summed E-state index contributed by atoms with van der Waals surface area (Å²) in [5.41, 5.74) is -0.661. The van der Waals surface area contributed by atoms with Crippen LogP contribution in [0.15, 0.2) is 0 Å². The van der Waals surface area contributed by atoms with Crippen molar-refractivity contribution < 1.29 is 9.90 Å². The molecule has 1 N–H and O–H groups in total. The van der Waals surface area contributed by atoms with E-state index in [1.165, 1.54) is 0 Å². The van der Waals surface area contributed by atoms with Gasteiger partial charge in [0.15, 0.2) is 0 Å². The first-order valence-corrected chi connectivity index (χ1v) is 4.88. The highest BCUT2D eigenvalue weighted by Gasteiger charge is 2.27. The molecule has 1 aliphatic rings. The van der Waals surface area contributed by atoms with Gasteiger partial charge < -0.3 is 10.0 Å². The van der Waals surface area contributed by atoms with E-state index in [-0.39, 0.29) is 5.91 Å². The molecule has 1 fully saturated rings. The molecule has 1 heterocycles. The largest absolute Gasteiger partial charge is 0.390 e. The standard InChI is InChI=1S/C10H19NO2/c1-8-6-9(12)11(7-8)5-4-10(2,3)13/h8,13H,4-7H2,1-3H3. The van der Waals surface area contributed by atoms with Gasteiger partial charge in [0.1, 0.15) is 0 Å². The summed E-state index contributed by atoms with van der Waals surface area (Å²) in [5, 5.41) is 9.49. The normalized spacial score (nSPS) is 24.2. The average molecular weight is 185 g/mol. The number of carbonyl (C=O) groups is 1. The van der Waals surface area contributed by atoms with Crippen molar-refractivity contribution in [2.45, 2.75) is 39.2 Å². The van der Waals surface area contributed by atoms with Crippen LogP contribution in [0.2, 0.25) is 0 Å². The summed E-state index contributed by atoms with van der Waals surface area (Å²) in [5.74, 6) is 0.714. The fraction of sp³-hybridized carbons (Fsp3) is 0.900. The van der Waals surface area contributed by atoms with E-state index in [4.69, 9.17) is 0 Å². The molecule has 0 radical (unpaired) electrons. The summed E-state index contributed by atoms with van der Waals surface area (Å²) in [4.78, 5) is 13.2. The lowest BCUT2D eigenvalue weighted by molar-refractivity contribution is -0.128. The Morgan fingerprint density at radius 3 is 2.62 bits per heavy atom. The molecule has 76 valence electrons. The van der Waals surface area contributed by atoms with Crippen molar-refractivity contribution in [3.8, 4) is 0 Å². The Morgan fingerprint density at radius 1 is 1.62 bits per heavy atom. The highest BCUT2D eigenvalue weighted by atomic mass is 16.3. The Balaban J connectivity index is 2.34. The zero-order valence-electron chi connectivity index (χ0n) is 8.71. The molecule has 1 aliphatic heterocycles. The van der Waals surface area contributed by atoms with E-state index in [1.807, 2.05) is 4.90 Å². The van der Waals surface area contributed by atoms with Crippen molar-refractivity contribution in [3.63, 3.8) is 0 Å². The van der Waals surface area contributed by atoms with Crippen LogP contribution in [0.4, 0.5) is 0 Å². The van der Waals surface area contributed by atoms with Crippen LogP contribution in [0.3, 0.4) is 0 Å². The first kappa shape index (κ1) is 10.5. The van der Waals surface area contributed by atoms with E-state index in [0.29, 0.717) is 25.3 Å². The molecule has 3 heteroatoms. The van der Waals surface area contributed by atoms with Crippen molar-refractivity contribution in [2.75, 3.05) is 13.1 Å². The Kier molecular flexibility index (Phi) is 2.96. The molecule has 1 amide bonds. The third-order valence-electron chi connectivity index (χ3n) is 2.40. The minimum absolute atomic E-state index is 0.233. The van der Waals surface area contributed by atoms with Crippen LogP contribution in [0.5, 0.6) is 0 Å². The first-order chi connectivity index (χ1) is 5.88. The summed E-state index contributed by atoms with van der Waals surface area (Å²) in [6.45, 7) is 7.18. The second-order valence-electron chi connectivity index (χ2n) is 4.71. The number of nitrogens with zero attached hydrogens (tertiary/aromatic N) is 1. The fourth-order valence-electron chi connectivity index (χ4n) is 1.59. The van der Waals surface area contributed by atoms with Gasteiger partial charge in [0.2, 0.25) is 5.91 Å². The second-order valence-corrected chi connectivity index (χ2v) is 4.71. The number of likely N-dealkylation sites (tertiary alicyclic amines) is 1. The molecule has 0 aliphatic carbocycles. The quantitative estimate of drug-likeness (QED) is 0.713. The van der Waals surface area contributed by atoms with Gasteiger partial charge >= 0.3 is 0 Å². The van der Waals surface area contributed by atoms with Crippen LogP contribution in [0.25, 0.3) is 0 Å². The van der Waals surface area contributed by atoms with E-state index in [9.17, 15) is 9.90 Å². The molecule has 1 unspecified atom stereocenters. The van der Waals surface area contributed by atoms with Gasteiger partial charge in [-0.05, 0) is 26.2 Å². The van der Waals surface area contributed by atoms with E-state index in [0.717, 1.165) is 6.54 Å². The Hall–Kier alpha value is -0.570. The third-order valence-corrected chi connectivity index (χ3v) is 2.40. The predicted molar refractivity (Wildman–Crippen MR) is 51.3 cm³/mol. The summed E-state index contributed by atoms with van der Waals surface area (Å²) in [7, 11) is 0. The van der Waals surface area contributed by atoms with Crippen molar-refractivity contribution in [3.05, 3.63) is 0 Å².